The number of aromatic amines is 1. The topological polar surface area (TPSA) is 67.0 Å². The maximum Gasteiger partial charge on any atom is 0.229 e. The molecule has 0 saturated carbocycles. The van der Waals surface area contributed by atoms with Gasteiger partial charge in [-0.3, -0.25) is 9.89 Å². The average Bonchev–Trinajstić information content (AvgIpc) is 2.87. The Bertz CT molecular complexity index is 605. The van der Waals surface area contributed by atoms with Gasteiger partial charge in [0.2, 0.25) is 5.91 Å². The first kappa shape index (κ1) is 15.1. The van der Waals surface area contributed by atoms with Gasteiger partial charge in [-0.05, 0) is 30.5 Å². The molecule has 0 radical (unpaired) electrons. The standard InChI is InChI=1S/C16H21N3O2/c1-11(2)14-10-15(19-18-14)17-16(20)7-8-21-13-6-4-5-12(3)9-13/h4-6,9-11H,7-8H2,1-3H3,(H2,17,18,19,20). The summed E-state index contributed by atoms with van der Waals surface area (Å²) in [6, 6.07) is 9.61. The van der Waals surface area contributed by atoms with Crippen molar-refractivity contribution in [2.75, 3.05) is 11.9 Å². The number of rotatable bonds is 6. The number of carbonyl (C=O) groups excluding carboxylic acids is 1. The molecule has 0 atom stereocenters. The van der Waals surface area contributed by atoms with Gasteiger partial charge in [0.15, 0.2) is 5.82 Å². The second-order valence-corrected chi connectivity index (χ2v) is 5.33. The van der Waals surface area contributed by atoms with Gasteiger partial charge >= 0.3 is 0 Å². The lowest BCUT2D eigenvalue weighted by atomic mass is 10.1. The molecule has 0 fully saturated rings. The highest BCUT2D eigenvalue weighted by Crippen LogP contribution is 2.15. The monoisotopic (exact) mass is 287 g/mol. The van der Waals surface area contributed by atoms with Crippen molar-refractivity contribution >= 4 is 11.7 Å². The molecule has 0 saturated heterocycles. The van der Waals surface area contributed by atoms with Gasteiger partial charge in [-0.15, -0.1) is 0 Å². The van der Waals surface area contributed by atoms with Crippen molar-refractivity contribution in [3.05, 3.63) is 41.6 Å². The maximum absolute atomic E-state index is 11.8. The Hall–Kier alpha value is -2.30. The summed E-state index contributed by atoms with van der Waals surface area (Å²) in [5.74, 6) is 1.58. The molecule has 0 unspecified atom stereocenters. The summed E-state index contributed by atoms with van der Waals surface area (Å²) >= 11 is 0. The third-order valence-electron chi connectivity index (χ3n) is 3.07. The first-order valence-corrected chi connectivity index (χ1v) is 7.09. The van der Waals surface area contributed by atoms with E-state index in [0.717, 1.165) is 17.0 Å². The highest BCUT2D eigenvalue weighted by molar-refractivity contribution is 5.89. The number of anilines is 1. The van der Waals surface area contributed by atoms with Crippen LogP contribution in [0.4, 0.5) is 5.82 Å². The highest BCUT2D eigenvalue weighted by Gasteiger charge is 2.08. The minimum Gasteiger partial charge on any atom is -0.493 e. The Morgan fingerprint density at radius 2 is 2.19 bits per heavy atom. The van der Waals surface area contributed by atoms with Gasteiger partial charge in [0.1, 0.15) is 5.75 Å². The van der Waals surface area contributed by atoms with E-state index in [1.807, 2.05) is 37.3 Å². The third-order valence-corrected chi connectivity index (χ3v) is 3.07. The minimum atomic E-state index is -0.107. The zero-order chi connectivity index (χ0) is 15.2. The van der Waals surface area contributed by atoms with Gasteiger partial charge in [-0.25, -0.2) is 0 Å². The number of carbonyl (C=O) groups is 1. The van der Waals surface area contributed by atoms with E-state index in [0.29, 0.717) is 18.3 Å². The minimum absolute atomic E-state index is 0.107. The molecular weight excluding hydrogens is 266 g/mol. The van der Waals surface area contributed by atoms with Crippen LogP contribution in [0.2, 0.25) is 0 Å². The number of aromatic nitrogens is 2. The zero-order valence-corrected chi connectivity index (χ0v) is 12.6. The van der Waals surface area contributed by atoms with Crippen LogP contribution in [0.1, 0.15) is 37.4 Å². The normalized spacial score (nSPS) is 10.7. The predicted molar refractivity (Wildman–Crippen MR) is 82.6 cm³/mol. The van der Waals surface area contributed by atoms with Gasteiger partial charge in [-0.2, -0.15) is 5.10 Å². The average molecular weight is 287 g/mol. The number of nitrogens with one attached hydrogen (secondary N) is 2. The van der Waals surface area contributed by atoms with Gasteiger partial charge in [0, 0.05) is 11.8 Å². The van der Waals surface area contributed by atoms with Crippen molar-refractivity contribution in [2.24, 2.45) is 0 Å². The Morgan fingerprint density at radius 1 is 1.38 bits per heavy atom. The van der Waals surface area contributed by atoms with Gasteiger partial charge < -0.3 is 10.1 Å². The summed E-state index contributed by atoms with van der Waals surface area (Å²) in [5.41, 5.74) is 2.14. The quantitative estimate of drug-likeness (QED) is 0.857. The van der Waals surface area contributed by atoms with Crippen molar-refractivity contribution < 1.29 is 9.53 Å². The van der Waals surface area contributed by atoms with E-state index in [9.17, 15) is 4.79 Å². The molecule has 112 valence electrons. The number of aryl methyl sites for hydroxylation is 1. The number of nitrogens with zero attached hydrogens (tertiary/aromatic N) is 1. The summed E-state index contributed by atoms with van der Waals surface area (Å²) in [6.07, 6.45) is 0.289. The fourth-order valence-corrected chi connectivity index (χ4v) is 1.87. The molecule has 0 aliphatic carbocycles. The largest absolute Gasteiger partial charge is 0.493 e. The Kier molecular flexibility index (Phi) is 4.98. The van der Waals surface area contributed by atoms with E-state index < -0.39 is 0 Å². The fraction of sp³-hybridized carbons (Fsp3) is 0.375. The molecule has 2 rings (SSSR count). The van der Waals surface area contributed by atoms with Crippen LogP contribution in [0.5, 0.6) is 5.75 Å². The van der Waals surface area contributed by atoms with Gasteiger partial charge in [0.25, 0.3) is 0 Å². The molecule has 1 heterocycles. The lowest BCUT2D eigenvalue weighted by Crippen LogP contribution is -2.15. The van der Waals surface area contributed by atoms with Gasteiger partial charge in [0.05, 0.1) is 13.0 Å². The van der Waals surface area contributed by atoms with E-state index in [2.05, 4.69) is 29.4 Å². The van der Waals surface area contributed by atoms with Crippen LogP contribution in [0, 0.1) is 6.92 Å². The lowest BCUT2D eigenvalue weighted by Gasteiger charge is -2.06. The predicted octanol–water partition coefficient (Wildman–Crippen LogP) is 3.25. The second-order valence-electron chi connectivity index (χ2n) is 5.33. The van der Waals surface area contributed by atoms with Crippen molar-refractivity contribution in [3.63, 3.8) is 0 Å². The van der Waals surface area contributed by atoms with Crippen LogP contribution in [-0.4, -0.2) is 22.7 Å². The maximum atomic E-state index is 11.8. The first-order valence-electron chi connectivity index (χ1n) is 7.09. The van der Waals surface area contributed by atoms with Crippen LogP contribution in [0.3, 0.4) is 0 Å². The van der Waals surface area contributed by atoms with Crippen LogP contribution in [-0.2, 0) is 4.79 Å². The number of amides is 1. The van der Waals surface area contributed by atoms with Crippen LogP contribution >= 0.6 is 0 Å². The van der Waals surface area contributed by atoms with Crippen molar-refractivity contribution in [1.29, 1.82) is 0 Å². The molecule has 2 N–H and O–H groups in total. The van der Waals surface area contributed by atoms with E-state index in [4.69, 9.17) is 4.74 Å². The van der Waals surface area contributed by atoms with E-state index in [1.165, 1.54) is 0 Å². The summed E-state index contributed by atoms with van der Waals surface area (Å²) < 4.78 is 5.55. The molecule has 1 aromatic carbocycles. The molecule has 1 amide bonds. The number of benzene rings is 1. The second kappa shape index (κ2) is 6.92. The molecule has 0 aliphatic heterocycles. The number of hydrogen-bond acceptors (Lipinski definition) is 3. The van der Waals surface area contributed by atoms with E-state index in [-0.39, 0.29) is 12.3 Å². The molecule has 0 aliphatic rings. The smallest absolute Gasteiger partial charge is 0.229 e. The van der Waals surface area contributed by atoms with Crippen LogP contribution < -0.4 is 10.1 Å². The summed E-state index contributed by atoms with van der Waals surface area (Å²) in [6.45, 7) is 6.48. The number of hydrogen-bond donors (Lipinski definition) is 2. The van der Waals surface area contributed by atoms with Gasteiger partial charge in [-0.1, -0.05) is 26.0 Å². The van der Waals surface area contributed by atoms with Crippen LogP contribution in [0.15, 0.2) is 30.3 Å². The fourth-order valence-electron chi connectivity index (χ4n) is 1.87. The Labute approximate surface area is 124 Å². The number of ether oxygens (including phenoxy) is 1. The Balaban J connectivity index is 1.77. The molecule has 5 nitrogen and oxygen atoms in total. The SMILES string of the molecule is Cc1cccc(OCCC(=O)Nc2cc(C(C)C)[nH]n2)c1. The zero-order valence-electron chi connectivity index (χ0n) is 12.6. The highest BCUT2D eigenvalue weighted by atomic mass is 16.5. The van der Waals surface area contributed by atoms with Crippen molar-refractivity contribution in [3.8, 4) is 5.75 Å². The molecule has 5 heteroatoms. The summed E-state index contributed by atoms with van der Waals surface area (Å²) in [4.78, 5) is 11.8. The molecule has 1 aromatic heterocycles. The third kappa shape index (κ3) is 4.63. The molecule has 2 aromatic rings. The van der Waals surface area contributed by atoms with Crippen LogP contribution in [0.25, 0.3) is 0 Å². The molecular formula is C16H21N3O2. The van der Waals surface area contributed by atoms with E-state index >= 15 is 0 Å². The number of H-pyrrole nitrogens is 1. The molecule has 0 spiro atoms. The van der Waals surface area contributed by atoms with E-state index in [1.54, 1.807) is 0 Å². The molecule has 21 heavy (non-hydrogen) atoms. The summed E-state index contributed by atoms with van der Waals surface area (Å²) in [5, 5.41) is 9.71. The lowest BCUT2D eigenvalue weighted by molar-refractivity contribution is -0.116. The van der Waals surface area contributed by atoms with Crippen molar-refractivity contribution in [1.82, 2.24) is 10.2 Å². The van der Waals surface area contributed by atoms with Crippen molar-refractivity contribution in [2.45, 2.75) is 33.1 Å². The summed E-state index contributed by atoms with van der Waals surface area (Å²) in [7, 11) is 0. The first-order chi connectivity index (χ1) is 10.0. The molecule has 0 bridgehead atoms. The Morgan fingerprint density at radius 3 is 2.86 bits per heavy atom.